The van der Waals surface area contributed by atoms with Crippen molar-refractivity contribution in [3.63, 3.8) is 0 Å². The van der Waals surface area contributed by atoms with Gasteiger partial charge >= 0.3 is 0 Å². The van der Waals surface area contributed by atoms with Gasteiger partial charge in [-0.05, 0) is 28.4 Å². The van der Waals surface area contributed by atoms with Crippen LogP contribution in [0.1, 0.15) is 23.7 Å². The average Bonchev–Trinajstić information content (AvgIpc) is 2.63. The molecule has 1 heterocycles. The van der Waals surface area contributed by atoms with Crippen molar-refractivity contribution in [3.8, 4) is 0 Å². The van der Waals surface area contributed by atoms with Gasteiger partial charge in [0.1, 0.15) is 0 Å². The van der Waals surface area contributed by atoms with E-state index in [9.17, 15) is 4.79 Å². The minimum Gasteiger partial charge on any atom is -0.337 e. The van der Waals surface area contributed by atoms with Crippen LogP contribution in [0.2, 0.25) is 0 Å². The molecule has 0 fully saturated rings. The molecule has 0 saturated carbocycles. The van der Waals surface area contributed by atoms with Crippen molar-refractivity contribution in [3.05, 3.63) is 20.8 Å². The zero-order valence-corrected chi connectivity index (χ0v) is 11.7. The Morgan fingerprint density at radius 2 is 2.33 bits per heavy atom. The zero-order valence-electron chi connectivity index (χ0n) is 8.50. The van der Waals surface area contributed by atoms with Gasteiger partial charge < -0.3 is 4.90 Å². The van der Waals surface area contributed by atoms with E-state index in [4.69, 9.17) is 11.6 Å². The molecule has 0 saturated heterocycles. The van der Waals surface area contributed by atoms with Gasteiger partial charge in [0, 0.05) is 24.3 Å². The average molecular weight is 311 g/mol. The fourth-order valence-corrected chi connectivity index (χ4v) is 2.63. The molecular weight excluding hydrogens is 298 g/mol. The standard InChI is InChI=1S/C10H13BrClNOS/c1-2-4-13(5-3-12)10(14)8-6-9(11)15-7-8/h6-7H,2-5H2,1H3. The summed E-state index contributed by atoms with van der Waals surface area (Å²) in [7, 11) is 0. The predicted molar refractivity (Wildman–Crippen MR) is 68.9 cm³/mol. The minimum absolute atomic E-state index is 0.0689. The molecule has 1 rings (SSSR count). The summed E-state index contributed by atoms with van der Waals surface area (Å²) >= 11 is 10.5. The highest BCUT2D eigenvalue weighted by atomic mass is 79.9. The first-order chi connectivity index (χ1) is 7.19. The molecule has 0 atom stereocenters. The van der Waals surface area contributed by atoms with Crippen molar-refractivity contribution in [1.82, 2.24) is 4.90 Å². The Balaban J connectivity index is 2.71. The van der Waals surface area contributed by atoms with E-state index in [-0.39, 0.29) is 5.91 Å². The van der Waals surface area contributed by atoms with Crippen molar-refractivity contribution in [2.45, 2.75) is 13.3 Å². The first kappa shape index (κ1) is 13.0. The maximum atomic E-state index is 12.0. The Bertz CT molecular complexity index is 323. The molecule has 2 nitrogen and oxygen atoms in total. The molecule has 1 aromatic rings. The topological polar surface area (TPSA) is 20.3 Å². The summed E-state index contributed by atoms with van der Waals surface area (Å²) in [5.41, 5.74) is 0.741. The molecule has 1 amide bonds. The van der Waals surface area contributed by atoms with Crippen molar-refractivity contribution in [1.29, 1.82) is 0 Å². The molecular formula is C10H13BrClNOS. The summed E-state index contributed by atoms with van der Waals surface area (Å²) < 4.78 is 0.980. The van der Waals surface area contributed by atoms with Crippen LogP contribution in [0.25, 0.3) is 0 Å². The van der Waals surface area contributed by atoms with Crippen LogP contribution >= 0.6 is 38.9 Å². The van der Waals surface area contributed by atoms with E-state index in [1.807, 2.05) is 11.4 Å². The fraction of sp³-hybridized carbons (Fsp3) is 0.500. The summed E-state index contributed by atoms with van der Waals surface area (Å²) in [6, 6.07) is 1.85. The quantitative estimate of drug-likeness (QED) is 0.761. The Hall–Kier alpha value is -0.0600. The van der Waals surface area contributed by atoms with Crippen molar-refractivity contribution < 1.29 is 4.79 Å². The lowest BCUT2D eigenvalue weighted by molar-refractivity contribution is 0.0766. The second-order valence-corrected chi connectivity index (χ2v) is 5.79. The lowest BCUT2D eigenvalue weighted by Crippen LogP contribution is -2.33. The Labute approximate surface area is 107 Å². The van der Waals surface area contributed by atoms with Gasteiger partial charge in [0.05, 0.1) is 9.35 Å². The van der Waals surface area contributed by atoms with Crippen LogP contribution in [0.4, 0.5) is 0 Å². The van der Waals surface area contributed by atoms with E-state index in [1.165, 1.54) is 11.3 Å². The minimum atomic E-state index is 0.0689. The van der Waals surface area contributed by atoms with Crippen LogP contribution in [-0.2, 0) is 0 Å². The maximum absolute atomic E-state index is 12.0. The SMILES string of the molecule is CCCN(CCCl)C(=O)c1csc(Br)c1. The van der Waals surface area contributed by atoms with Gasteiger partial charge in [-0.3, -0.25) is 4.79 Å². The van der Waals surface area contributed by atoms with Crippen LogP contribution < -0.4 is 0 Å². The Kier molecular flexibility index (Phi) is 5.64. The number of nitrogens with zero attached hydrogens (tertiary/aromatic N) is 1. The molecule has 0 aliphatic heterocycles. The third-order valence-corrected chi connectivity index (χ3v) is 3.62. The van der Waals surface area contributed by atoms with Crippen LogP contribution in [0, 0.1) is 0 Å². The largest absolute Gasteiger partial charge is 0.337 e. The normalized spacial score (nSPS) is 10.3. The van der Waals surface area contributed by atoms with E-state index in [1.54, 1.807) is 4.90 Å². The van der Waals surface area contributed by atoms with Gasteiger partial charge in [0.2, 0.25) is 0 Å². The second-order valence-electron chi connectivity index (χ2n) is 3.12. The molecule has 5 heteroatoms. The van der Waals surface area contributed by atoms with Crippen molar-refractivity contribution >= 4 is 44.8 Å². The maximum Gasteiger partial charge on any atom is 0.254 e. The number of halogens is 2. The first-order valence-electron chi connectivity index (χ1n) is 4.78. The molecule has 0 aromatic carbocycles. The molecule has 1 aromatic heterocycles. The van der Waals surface area contributed by atoms with Crippen LogP contribution in [0.3, 0.4) is 0 Å². The molecule has 0 unspecified atom stereocenters. The van der Waals surface area contributed by atoms with E-state index in [0.717, 1.165) is 22.3 Å². The number of thiophene rings is 1. The van der Waals surface area contributed by atoms with Gasteiger partial charge in [-0.25, -0.2) is 0 Å². The molecule has 0 N–H and O–H groups in total. The summed E-state index contributed by atoms with van der Waals surface area (Å²) in [5.74, 6) is 0.552. The molecule has 15 heavy (non-hydrogen) atoms. The molecule has 0 radical (unpaired) electrons. The number of hydrogen-bond donors (Lipinski definition) is 0. The number of carbonyl (C=O) groups excluding carboxylic acids is 1. The van der Waals surface area contributed by atoms with E-state index in [0.29, 0.717) is 12.4 Å². The molecule has 84 valence electrons. The van der Waals surface area contributed by atoms with Crippen LogP contribution in [0.15, 0.2) is 15.2 Å². The van der Waals surface area contributed by atoms with Crippen LogP contribution in [0.5, 0.6) is 0 Å². The third kappa shape index (κ3) is 3.78. The predicted octanol–water partition coefficient (Wildman–Crippen LogP) is 3.60. The number of hydrogen-bond acceptors (Lipinski definition) is 2. The molecule has 0 aliphatic rings. The summed E-state index contributed by atoms with van der Waals surface area (Å²) in [6.07, 6.45) is 0.952. The number of alkyl halides is 1. The van der Waals surface area contributed by atoms with Gasteiger partial charge in [0.25, 0.3) is 5.91 Å². The summed E-state index contributed by atoms with van der Waals surface area (Å²) in [5, 5.41) is 1.86. The number of amides is 1. The summed E-state index contributed by atoms with van der Waals surface area (Å²) in [6.45, 7) is 3.43. The molecule has 0 bridgehead atoms. The highest BCUT2D eigenvalue weighted by Gasteiger charge is 2.15. The fourth-order valence-electron chi connectivity index (χ4n) is 1.29. The molecule has 0 spiro atoms. The second kappa shape index (κ2) is 6.51. The third-order valence-electron chi connectivity index (χ3n) is 1.95. The number of carbonyl (C=O) groups is 1. The Morgan fingerprint density at radius 1 is 1.60 bits per heavy atom. The van der Waals surface area contributed by atoms with Crippen molar-refractivity contribution in [2.75, 3.05) is 19.0 Å². The Morgan fingerprint density at radius 3 is 2.80 bits per heavy atom. The van der Waals surface area contributed by atoms with Gasteiger partial charge in [0.15, 0.2) is 0 Å². The van der Waals surface area contributed by atoms with E-state index < -0.39 is 0 Å². The molecule has 0 aliphatic carbocycles. The number of rotatable bonds is 5. The zero-order chi connectivity index (χ0) is 11.3. The van der Waals surface area contributed by atoms with Gasteiger partial charge in [-0.1, -0.05) is 6.92 Å². The highest BCUT2D eigenvalue weighted by Crippen LogP contribution is 2.21. The first-order valence-corrected chi connectivity index (χ1v) is 6.99. The van der Waals surface area contributed by atoms with Gasteiger partial charge in [-0.2, -0.15) is 0 Å². The van der Waals surface area contributed by atoms with E-state index >= 15 is 0 Å². The van der Waals surface area contributed by atoms with Gasteiger partial charge in [-0.15, -0.1) is 22.9 Å². The highest BCUT2D eigenvalue weighted by molar-refractivity contribution is 9.11. The van der Waals surface area contributed by atoms with E-state index in [2.05, 4.69) is 22.9 Å². The monoisotopic (exact) mass is 309 g/mol. The van der Waals surface area contributed by atoms with Crippen LogP contribution in [-0.4, -0.2) is 29.8 Å². The smallest absolute Gasteiger partial charge is 0.254 e. The lowest BCUT2D eigenvalue weighted by Gasteiger charge is -2.20. The summed E-state index contributed by atoms with van der Waals surface area (Å²) in [4.78, 5) is 13.8. The van der Waals surface area contributed by atoms with Crippen molar-refractivity contribution in [2.24, 2.45) is 0 Å². The lowest BCUT2D eigenvalue weighted by atomic mass is 10.3.